The molecule has 1 aliphatic carbocycles. The second-order valence-corrected chi connectivity index (χ2v) is 18.4. The molecule has 0 saturated heterocycles. The molecule has 0 spiro atoms. The molecule has 2 nitrogen and oxygen atoms in total. The number of hydrogen-bond donors (Lipinski definition) is 0. The minimum absolute atomic E-state index is 0.0370. The summed E-state index contributed by atoms with van der Waals surface area (Å²) in [5.41, 5.74) is 19.6. The Hall–Kier alpha value is -7.72. The molecule has 64 heavy (non-hydrogen) atoms. The Labute approximate surface area is 377 Å². The van der Waals surface area contributed by atoms with Gasteiger partial charge in [-0.3, -0.25) is 0 Å². The van der Waals surface area contributed by atoms with Crippen LogP contribution in [0.5, 0.6) is 0 Å². The van der Waals surface area contributed by atoms with Gasteiger partial charge in [0.15, 0.2) is 5.82 Å². The molecule has 0 N–H and O–H groups in total. The fourth-order valence-corrected chi connectivity index (χ4v) is 11.0. The van der Waals surface area contributed by atoms with Crippen LogP contribution in [0.4, 0.5) is 0 Å². The molecule has 12 rings (SSSR count). The minimum Gasteiger partial charge on any atom is -0.228 e. The lowest BCUT2D eigenvalue weighted by Gasteiger charge is -2.21. The highest BCUT2D eigenvalue weighted by molar-refractivity contribution is 7.26. The Kier molecular flexibility index (Phi) is 9.06. The highest BCUT2D eigenvalue weighted by atomic mass is 32.1. The van der Waals surface area contributed by atoms with E-state index in [1.54, 1.807) is 0 Å². The number of fused-ring (bicyclic) bond motifs is 6. The summed E-state index contributed by atoms with van der Waals surface area (Å²) in [6.45, 7) is 4.67. The SMILES string of the molecule is CC1(C)c2ccccc2-c2cc(-c3cccc(-c4cc(-c5cc(-c6ccc(-c7ccccc7)cc6)cc(-c6cccc7c6sc6ccccc67)c5)nc(-c5ccccc5)n4)c3)ccc21. The third-order valence-corrected chi connectivity index (χ3v) is 14.3. The summed E-state index contributed by atoms with van der Waals surface area (Å²) in [5, 5.41) is 2.57. The summed E-state index contributed by atoms with van der Waals surface area (Å²) < 4.78 is 2.58. The largest absolute Gasteiger partial charge is 0.228 e. The van der Waals surface area contributed by atoms with Crippen molar-refractivity contribution in [2.75, 3.05) is 0 Å². The molecule has 0 aliphatic heterocycles. The summed E-state index contributed by atoms with van der Waals surface area (Å²) in [5.74, 6) is 0.695. The molecule has 0 bridgehead atoms. The summed E-state index contributed by atoms with van der Waals surface area (Å²) >= 11 is 1.86. The van der Waals surface area contributed by atoms with Crippen LogP contribution in [-0.4, -0.2) is 9.97 Å². The van der Waals surface area contributed by atoms with E-state index < -0.39 is 0 Å². The minimum atomic E-state index is -0.0370. The molecule has 2 heterocycles. The van der Waals surface area contributed by atoms with Crippen LogP contribution in [0, 0.1) is 0 Å². The third kappa shape index (κ3) is 6.56. The number of nitrogens with zero attached hydrogens (tertiary/aromatic N) is 2. The van der Waals surface area contributed by atoms with Gasteiger partial charge in [0.2, 0.25) is 0 Å². The van der Waals surface area contributed by atoms with Crippen LogP contribution < -0.4 is 0 Å². The van der Waals surface area contributed by atoms with Gasteiger partial charge in [-0.2, -0.15) is 0 Å². The zero-order chi connectivity index (χ0) is 42.8. The van der Waals surface area contributed by atoms with E-state index in [0.29, 0.717) is 5.82 Å². The Morgan fingerprint density at radius 2 is 0.844 bits per heavy atom. The van der Waals surface area contributed by atoms with Crippen molar-refractivity contribution < 1.29 is 0 Å². The lowest BCUT2D eigenvalue weighted by atomic mass is 9.82. The second-order valence-electron chi connectivity index (χ2n) is 17.4. The van der Waals surface area contributed by atoms with E-state index in [-0.39, 0.29) is 5.41 Å². The maximum absolute atomic E-state index is 5.37. The molecule has 0 radical (unpaired) electrons. The van der Waals surface area contributed by atoms with Gasteiger partial charge in [-0.15, -0.1) is 11.3 Å². The quantitative estimate of drug-likeness (QED) is 0.160. The summed E-state index contributed by atoms with van der Waals surface area (Å²) in [6, 6.07) is 79.1. The predicted molar refractivity (Wildman–Crippen MR) is 271 cm³/mol. The lowest BCUT2D eigenvalue weighted by Crippen LogP contribution is -2.14. The molecular formula is C61H42N2S. The zero-order valence-corrected chi connectivity index (χ0v) is 36.4. The van der Waals surface area contributed by atoms with Crippen LogP contribution in [0.2, 0.25) is 0 Å². The van der Waals surface area contributed by atoms with Gasteiger partial charge in [0, 0.05) is 42.3 Å². The van der Waals surface area contributed by atoms with Crippen molar-refractivity contribution in [3.05, 3.63) is 230 Å². The molecule has 0 fully saturated rings. The number of hydrogen-bond acceptors (Lipinski definition) is 3. The molecule has 9 aromatic carbocycles. The van der Waals surface area contributed by atoms with Crippen LogP contribution in [0.15, 0.2) is 218 Å². The molecular weight excluding hydrogens is 793 g/mol. The number of thiophene rings is 1. The first kappa shape index (κ1) is 38.0. The molecule has 0 amide bonds. The van der Waals surface area contributed by atoms with Gasteiger partial charge >= 0.3 is 0 Å². The van der Waals surface area contributed by atoms with E-state index in [1.165, 1.54) is 64.7 Å². The Morgan fingerprint density at radius 3 is 1.66 bits per heavy atom. The van der Waals surface area contributed by atoms with Crippen LogP contribution in [0.3, 0.4) is 0 Å². The monoisotopic (exact) mass is 834 g/mol. The molecule has 2 aromatic heterocycles. The average Bonchev–Trinajstić information content (AvgIpc) is 3.86. The van der Waals surface area contributed by atoms with Crippen molar-refractivity contribution >= 4 is 31.5 Å². The maximum atomic E-state index is 5.37. The normalized spacial score (nSPS) is 12.7. The number of benzene rings is 9. The van der Waals surface area contributed by atoms with Crippen molar-refractivity contribution in [2.45, 2.75) is 19.3 Å². The molecule has 11 aromatic rings. The first-order valence-corrected chi connectivity index (χ1v) is 22.8. The van der Waals surface area contributed by atoms with Crippen LogP contribution in [0.25, 0.3) is 110 Å². The van der Waals surface area contributed by atoms with Gasteiger partial charge in [0.25, 0.3) is 0 Å². The Morgan fingerprint density at radius 1 is 0.328 bits per heavy atom. The van der Waals surface area contributed by atoms with E-state index in [0.717, 1.165) is 50.3 Å². The molecule has 302 valence electrons. The molecule has 0 unspecified atom stereocenters. The van der Waals surface area contributed by atoms with Gasteiger partial charge in [-0.05, 0) is 109 Å². The molecule has 3 heteroatoms. The van der Waals surface area contributed by atoms with Crippen molar-refractivity contribution in [3.8, 4) is 89.5 Å². The van der Waals surface area contributed by atoms with Crippen LogP contribution in [-0.2, 0) is 5.41 Å². The lowest BCUT2D eigenvalue weighted by molar-refractivity contribution is 0.660. The van der Waals surface area contributed by atoms with Gasteiger partial charge in [0.1, 0.15) is 0 Å². The van der Waals surface area contributed by atoms with E-state index in [4.69, 9.17) is 9.97 Å². The second kappa shape index (κ2) is 15.3. The molecule has 0 saturated carbocycles. The van der Waals surface area contributed by atoms with Gasteiger partial charge < -0.3 is 0 Å². The third-order valence-electron chi connectivity index (χ3n) is 13.1. The molecule has 0 atom stereocenters. The number of rotatable bonds is 7. The Balaban J connectivity index is 1.02. The smallest absolute Gasteiger partial charge is 0.160 e. The van der Waals surface area contributed by atoms with Crippen molar-refractivity contribution in [1.82, 2.24) is 9.97 Å². The van der Waals surface area contributed by atoms with E-state index in [1.807, 2.05) is 17.4 Å². The number of aromatic nitrogens is 2. The van der Waals surface area contributed by atoms with Crippen LogP contribution in [0.1, 0.15) is 25.0 Å². The van der Waals surface area contributed by atoms with Gasteiger partial charge in [0.05, 0.1) is 11.4 Å². The highest BCUT2D eigenvalue weighted by Crippen LogP contribution is 2.50. The van der Waals surface area contributed by atoms with Crippen molar-refractivity contribution in [1.29, 1.82) is 0 Å². The standard InChI is InChI=1S/C61H42N2S/c1-61(2)54-25-11-9-21-50(54)53-37-44(31-32-55(53)61)43-19-13-20-45(33-43)56-38-57(63-60(62-56)42-17-7-4-8-18-42)48-35-46(41-29-27-40(28-30-41)39-15-5-3-6-16-39)34-47(36-48)49-23-14-24-52-51-22-10-12-26-58(51)64-59(49)52/h3-38H,1-2H3. The highest BCUT2D eigenvalue weighted by Gasteiger charge is 2.35. The molecule has 1 aliphatic rings. The van der Waals surface area contributed by atoms with Crippen molar-refractivity contribution in [3.63, 3.8) is 0 Å². The summed E-state index contributed by atoms with van der Waals surface area (Å²) in [4.78, 5) is 10.7. The first-order valence-electron chi connectivity index (χ1n) is 22.0. The topological polar surface area (TPSA) is 25.8 Å². The van der Waals surface area contributed by atoms with Gasteiger partial charge in [-0.1, -0.05) is 190 Å². The Bertz CT molecular complexity index is 3560. The fourth-order valence-electron chi connectivity index (χ4n) is 9.78. The maximum Gasteiger partial charge on any atom is 0.160 e. The zero-order valence-electron chi connectivity index (χ0n) is 35.6. The van der Waals surface area contributed by atoms with E-state index in [9.17, 15) is 0 Å². The van der Waals surface area contributed by atoms with E-state index in [2.05, 4.69) is 226 Å². The summed E-state index contributed by atoms with van der Waals surface area (Å²) in [7, 11) is 0. The summed E-state index contributed by atoms with van der Waals surface area (Å²) in [6.07, 6.45) is 0. The fraction of sp³-hybridized carbons (Fsp3) is 0.0492. The predicted octanol–water partition coefficient (Wildman–Crippen LogP) is 16.8. The van der Waals surface area contributed by atoms with Gasteiger partial charge in [-0.25, -0.2) is 9.97 Å². The first-order chi connectivity index (χ1) is 31.4. The average molecular weight is 835 g/mol. The van der Waals surface area contributed by atoms with E-state index >= 15 is 0 Å². The van der Waals surface area contributed by atoms with Crippen molar-refractivity contribution in [2.24, 2.45) is 0 Å². The van der Waals surface area contributed by atoms with Crippen LogP contribution >= 0.6 is 11.3 Å².